The SMILES string of the molecule is CC/C=C\C/C=C\C/C=C\CCCCCCCC(=O)OC(CCCCCCCCCCCCCCCC)CCCCCCCC(=O)NC(CCCN)C(=O)O. The Balaban J connectivity index is 4.34. The van der Waals surface area contributed by atoms with Crippen LogP contribution in [0.2, 0.25) is 0 Å². The summed E-state index contributed by atoms with van der Waals surface area (Å²) in [5.41, 5.74) is 5.49. The van der Waals surface area contributed by atoms with Crippen LogP contribution in [0.25, 0.3) is 0 Å². The molecular weight excluding hydrogens is 685 g/mol. The summed E-state index contributed by atoms with van der Waals surface area (Å²) < 4.78 is 6.06. The maximum atomic E-state index is 12.8. The summed E-state index contributed by atoms with van der Waals surface area (Å²) in [5, 5.41) is 12.0. The topological polar surface area (TPSA) is 119 Å². The molecule has 320 valence electrons. The molecule has 2 unspecified atom stereocenters. The van der Waals surface area contributed by atoms with Crippen LogP contribution in [-0.2, 0) is 19.1 Å². The van der Waals surface area contributed by atoms with Gasteiger partial charge in [0.05, 0.1) is 0 Å². The van der Waals surface area contributed by atoms with Crippen LogP contribution < -0.4 is 11.1 Å². The first-order valence-electron chi connectivity index (χ1n) is 23.3. The van der Waals surface area contributed by atoms with E-state index in [9.17, 15) is 19.5 Å². The van der Waals surface area contributed by atoms with Crippen molar-refractivity contribution in [3.63, 3.8) is 0 Å². The molecule has 0 spiro atoms. The molecule has 55 heavy (non-hydrogen) atoms. The Bertz CT molecular complexity index is 962. The molecule has 0 aliphatic rings. The van der Waals surface area contributed by atoms with Crippen molar-refractivity contribution in [1.82, 2.24) is 5.32 Å². The smallest absolute Gasteiger partial charge is 0.326 e. The number of rotatable bonds is 42. The highest BCUT2D eigenvalue weighted by molar-refractivity contribution is 5.83. The maximum Gasteiger partial charge on any atom is 0.326 e. The number of nitrogens with two attached hydrogens (primary N) is 1. The first kappa shape index (κ1) is 52.6. The van der Waals surface area contributed by atoms with E-state index >= 15 is 0 Å². The van der Waals surface area contributed by atoms with Gasteiger partial charge >= 0.3 is 11.9 Å². The van der Waals surface area contributed by atoms with E-state index in [4.69, 9.17) is 10.5 Å². The van der Waals surface area contributed by atoms with Crippen molar-refractivity contribution in [1.29, 1.82) is 0 Å². The van der Waals surface area contributed by atoms with Crippen LogP contribution in [0.15, 0.2) is 36.5 Å². The number of carboxylic acid groups (broad SMARTS) is 1. The Hall–Kier alpha value is -2.41. The number of carboxylic acids is 1. The fraction of sp³-hybridized carbons (Fsp3) is 0.812. The fourth-order valence-corrected chi connectivity index (χ4v) is 7.00. The second kappa shape index (κ2) is 42.7. The molecule has 0 aromatic carbocycles. The quantitative estimate of drug-likeness (QED) is 0.0323. The van der Waals surface area contributed by atoms with Crippen molar-refractivity contribution in [2.45, 2.75) is 244 Å². The van der Waals surface area contributed by atoms with E-state index in [0.29, 0.717) is 32.2 Å². The monoisotopic (exact) mass is 773 g/mol. The summed E-state index contributed by atoms with van der Waals surface area (Å²) in [4.78, 5) is 36.4. The van der Waals surface area contributed by atoms with Crippen LogP contribution in [0, 0.1) is 0 Å². The lowest BCUT2D eigenvalue weighted by atomic mass is 10.0. The third kappa shape index (κ3) is 39.6. The molecule has 0 bridgehead atoms. The van der Waals surface area contributed by atoms with E-state index in [1.54, 1.807) is 0 Å². The van der Waals surface area contributed by atoms with Gasteiger partial charge in [-0.1, -0.05) is 172 Å². The molecule has 0 saturated heterocycles. The number of carbonyl (C=O) groups excluding carboxylic acids is 2. The number of esters is 1. The summed E-state index contributed by atoms with van der Waals surface area (Å²) >= 11 is 0. The normalized spacial score (nSPS) is 12.9. The number of unbranched alkanes of at least 4 members (excludes halogenated alkanes) is 22. The zero-order valence-electron chi connectivity index (χ0n) is 36.0. The van der Waals surface area contributed by atoms with Crippen molar-refractivity contribution >= 4 is 17.8 Å². The van der Waals surface area contributed by atoms with E-state index in [2.05, 4.69) is 55.6 Å². The van der Waals surface area contributed by atoms with E-state index < -0.39 is 12.0 Å². The van der Waals surface area contributed by atoms with E-state index in [-0.39, 0.29) is 18.0 Å². The number of aliphatic carboxylic acids is 1. The van der Waals surface area contributed by atoms with Crippen molar-refractivity contribution in [3.05, 3.63) is 36.5 Å². The average Bonchev–Trinajstić information content (AvgIpc) is 3.17. The van der Waals surface area contributed by atoms with Gasteiger partial charge < -0.3 is 20.9 Å². The van der Waals surface area contributed by atoms with Gasteiger partial charge in [-0.15, -0.1) is 0 Å². The van der Waals surface area contributed by atoms with Gasteiger partial charge in [-0.05, 0) is 90.0 Å². The molecule has 0 saturated carbocycles. The minimum absolute atomic E-state index is 0.00603. The highest BCUT2D eigenvalue weighted by Crippen LogP contribution is 2.19. The van der Waals surface area contributed by atoms with Crippen LogP contribution in [0.4, 0.5) is 0 Å². The Morgan fingerprint density at radius 1 is 0.545 bits per heavy atom. The molecule has 0 aromatic rings. The standard InChI is InChI=1S/C48H88N2O5/c1-3-5-7-9-11-13-15-17-19-21-23-25-27-32-36-42-47(52)55-44(38-33-29-26-24-22-20-18-16-14-12-10-8-6-4-2)39-34-30-28-31-35-41-46(51)50-45(48(53)54)40-37-43-49/h5,7,11,13,17,19,44-45H,3-4,6,8-10,12,14-16,18,20-43,49H2,1-2H3,(H,50,51)(H,53,54)/b7-5-,13-11-,19-17-. The first-order chi connectivity index (χ1) is 26.9. The van der Waals surface area contributed by atoms with Gasteiger partial charge in [0.25, 0.3) is 0 Å². The Morgan fingerprint density at radius 3 is 1.51 bits per heavy atom. The fourth-order valence-electron chi connectivity index (χ4n) is 7.00. The maximum absolute atomic E-state index is 12.8. The minimum atomic E-state index is -1.00. The number of nitrogens with one attached hydrogen (secondary N) is 1. The zero-order valence-corrected chi connectivity index (χ0v) is 36.0. The van der Waals surface area contributed by atoms with Gasteiger partial charge in [0.15, 0.2) is 0 Å². The predicted octanol–water partition coefficient (Wildman–Crippen LogP) is 13.4. The molecule has 7 nitrogen and oxygen atoms in total. The lowest BCUT2D eigenvalue weighted by Gasteiger charge is -2.18. The molecule has 0 aromatic heterocycles. The van der Waals surface area contributed by atoms with E-state index in [1.165, 1.54) is 103 Å². The van der Waals surface area contributed by atoms with Crippen molar-refractivity contribution < 1.29 is 24.2 Å². The van der Waals surface area contributed by atoms with Gasteiger partial charge in [0, 0.05) is 12.8 Å². The number of allylic oxidation sites excluding steroid dienone is 6. The molecular formula is C48H88N2O5. The second-order valence-electron chi connectivity index (χ2n) is 15.8. The lowest BCUT2D eigenvalue weighted by Crippen LogP contribution is -2.40. The zero-order chi connectivity index (χ0) is 40.3. The van der Waals surface area contributed by atoms with Gasteiger partial charge in [0.2, 0.25) is 5.91 Å². The average molecular weight is 773 g/mol. The number of hydrogen-bond donors (Lipinski definition) is 3. The van der Waals surface area contributed by atoms with Crippen LogP contribution in [-0.4, -0.2) is 41.6 Å². The molecule has 0 rings (SSSR count). The summed E-state index contributed by atoms with van der Waals surface area (Å²) in [6.07, 6.45) is 50.5. The molecule has 7 heteroatoms. The van der Waals surface area contributed by atoms with Gasteiger partial charge in [-0.25, -0.2) is 4.79 Å². The number of carbonyl (C=O) groups is 3. The van der Waals surface area contributed by atoms with E-state index in [1.807, 2.05) is 0 Å². The first-order valence-corrected chi connectivity index (χ1v) is 23.3. The number of ether oxygens (including phenoxy) is 1. The Morgan fingerprint density at radius 2 is 1.00 bits per heavy atom. The minimum Gasteiger partial charge on any atom is -0.480 e. The largest absolute Gasteiger partial charge is 0.480 e. The van der Waals surface area contributed by atoms with Gasteiger partial charge in [0.1, 0.15) is 12.1 Å². The molecule has 4 N–H and O–H groups in total. The highest BCUT2D eigenvalue weighted by atomic mass is 16.5. The summed E-state index contributed by atoms with van der Waals surface area (Å²) in [6.45, 7) is 4.85. The van der Waals surface area contributed by atoms with Crippen molar-refractivity contribution in [3.8, 4) is 0 Å². The van der Waals surface area contributed by atoms with E-state index in [0.717, 1.165) is 89.9 Å². The Labute approximate surface area is 339 Å². The van der Waals surface area contributed by atoms with Crippen LogP contribution in [0.5, 0.6) is 0 Å². The Kier molecular flexibility index (Phi) is 40.9. The van der Waals surface area contributed by atoms with Gasteiger partial charge in [-0.3, -0.25) is 9.59 Å². The second-order valence-corrected chi connectivity index (χ2v) is 15.8. The number of hydrogen-bond acceptors (Lipinski definition) is 5. The summed E-state index contributed by atoms with van der Waals surface area (Å²) in [7, 11) is 0. The lowest BCUT2D eigenvalue weighted by molar-refractivity contribution is -0.150. The van der Waals surface area contributed by atoms with Crippen molar-refractivity contribution in [2.24, 2.45) is 5.73 Å². The van der Waals surface area contributed by atoms with Crippen LogP contribution in [0.3, 0.4) is 0 Å². The van der Waals surface area contributed by atoms with Crippen LogP contribution >= 0.6 is 0 Å². The summed E-state index contributed by atoms with van der Waals surface area (Å²) in [5.74, 6) is -1.24. The van der Waals surface area contributed by atoms with Crippen LogP contribution in [0.1, 0.15) is 232 Å². The molecule has 0 aliphatic heterocycles. The molecule has 0 aliphatic carbocycles. The summed E-state index contributed by atoms with van der Waals surface area (Å²) in [6, 6.07) is -0.857. The molecule has 1 amide bonds. The third-order valence-electron chi connectivity index (χ3n) is 10.5. The van der Waals surface area contributed by atoms with Crippen molar-refractivity contribution in [2.75, 3.05) is 6.54 Å². The number of amides is 1. The molecule has 0 heterocycles. The molecule has 2 atom stereocenters. The molecule has 0 fully saturated rings. The highest BCUT2D eigenvalue weighted by Gasteiger charge is 2.19. The third-order valence-corrected chi connectivity index (χ3v) is 10.5. The molecule has 0 radical (unpaired) electrons. The van der Waals surface area contributed by atoms with Gasteiger partial charge in [-0.2, -0.15) is 0 Å². The predicted molar refractivity (Wildman–Crippen MR) is 234 cm³/mol.